The Kier molecular flexibility index (Phi) is 5.92. The van der Waals surface area contributed by atoms with Gasteiger partial charge in [-0.2, -0.15) is 0 Å². The second-order valence-corrected chi connectivity index (χ2v) is 3.53. The number of halogens is 1. The number of rotatable bonds is 5. The van der Waals surface area contributed by atoms with Crippen LogP contribution in [0.25, 0.3) is 0 Å². The van der Waals surface area contributed by atoms with E-state index in [2.05, 4.69) is 4.74 Å². The second kappa shape index (κ2) is 6.14. The summed E-state index contributed by atoms with van der Waals surface area (Å²) in [6.07, 6.45) is 0. The van der Waals surface area contributed by atoms with Crippen LogP contribution in [-0.4, -0.2) is 35.9 Å². The van der Waals surface area contributed by atoms with Crippen molar-refractivity contribution in [3.8, 4) is 0 Å². The zero-order valence-corrected chi connectivity index (χ0v) is 8.15. The third kappa shape index (κ3) is 5.26. The number of carbonyl (C=O) groups is 2. The molecule has 6 heteroatoms. The molecule has 0 saturated carbocycles. The average molecular weight is 212 g/mol. The molecule has 1 atom stereocenters. The van der Waals surface area contributed by atoms with Crippen LogP contribution in [0.2, 0.25) is 0 Å². The van der Waals surface area contributed by atoms with E-state index in [-0.39, 0.29) is 5.75 Å². The van der Waals surface area contributed by atoms with E-state index < -0.39 is 17.3 Å². The van der Waals surface area contributed by atoms with Crippen LogP contribution in [-0.2, 0) is 14.3 Å². The highest BCUT2D eigenvalue weighted by Gasteiger charge is 2.15. The third-order valence-corrected chi connectivity index (χ3v) is 2.54. The molecule has 0 saturated heterocycles. The van der Waals surface area contributed by atoms with E-state index in [4.69, 9.17) is 17.3 Å². The van der Waals surface area contributed by atoms with Crippen molar-refractivity contribution in [2.45, 2.75) is 5.38 Å². The molecule has 0 spiro atoms. The highest BCUT2D eigenvalue weighted by molar-refractivity contribution is 8.00. The molecular weight excluding hydrogens is 202 g/mol. The Morgan fingerprint density at radius 1 is 1.67 bits per heavy atom. The topological polar surface area (TPSA) is 69.4 Å². The summed E-state index contributed by atoms with van der Waals surface area (Å²) in [7, 11) is 1.26. The number of carbonyl (C=O) groups excluding carboxylic acids is 2. The minimum atomic E-state index is -0.709. The van der Waals surface area contributed by atoms with Crippen molar-refractivity contribution in [1.82, 2.24) is 0 Å². The first-order valence-electron chi connectivity index (χ1n) is 3.16. The Morgan fingerprint density at radius 2 is 2.25 bits per heavy atom. The minimum absolute atomic E-state index is 0.167. The van der Waals surface area contributed by atoms with Gasteiger partial charge in [-0.1, -0.05) is 0 Å². The van der Waals surface area contributed by atoms with Crippen molar-refractivity contribution >= 4 is 35.2 Å². The highest BCUT2D eigenvalue weighted by Crippen LogP contribution is 2.08. The van der Waals surface area contributed by atoms with Crippen LogP contribution in [0.3, 0.4) is 0 Å². The quantitative estimate of drug-likeness (QED) is 0.513. The zero-order valence-electron chi connectivity index (χ0n) is 6.58. The Morgan fingerprint density at radius 3 is 2.67 bits per heavy atom. The van der Waals surface area contributed by atoms with E-state index in [1.54, 1.807) is 0 Å². The van der Waals surface area contributed by atoms with Crippen molar-refractivity contribution in [3.05, 3.63) is 0 Å². The summed E-state index contributed by atoms with van der Waals surface area (Å²) < 4.78 is 4.37. The monoisotopic (exact) mass is 211 g/mol. The van der Waals surface area contributed by atoms with Crippen LogP contribution in [0.5, 0.6) is 0 Å². The average Bonchev–Trinajstić information content (AvgIpc) is 2.02. The summed E-state index contributed by atoms with van der Waals surface area (Å²) in [6.45, 7) is 0. The molecule has 0 aliphatic heterocycles. The SMILES string of the molecule is COC(=O)C(Cl)CSCC(N)=O. The zero-order chi connectivity index (χ0) is 9.56. The lowest BCUT2D eigenvalue weighted by molar-refractivity contribution is -0.139. The molecule has 0 fully saturated rings. The molecule has 70 valence electrons. The molecular formula is C6H10ClNO3S. The number of nitrogens with two attached hydrogens (primary N) is 1. The molecule has 0 heterocycles. The number of hydrogen-bond acceptors (Lipinski definition) is 4. The van der Waals surface area contributed by atoms with Crippen molar-refractivity contribution < 1.29 is 14.3 Å². The summed E-state index contributed by atoms with van der Waals surface area (Å²) in [5.41, 5.74) is 4.87. The number of methoxy groups -OCH3 is 1. The molecule has 0 aliphatic rings. The van der Waals surface area contributed by atoms with Gasteiger partial charge < -0.3 is 10.5 Å². The number of hydrogen-bond donors (Lipinski definition) is 1. The van der Waals surface area contributed by atoms with Crippen LogP contribution in [0.15, 0.2) is 0 Å². The highest BCUT2D eigenvalue weighted by atomic mass is 35.5. The largest absolute Gasteiger partial charge is 0.468 e. The normalized spacial score (nSPS) is 12.2. The maximum Gasteiger partial charge on any atom is 0.324 e. The number of thioether (sulfide) groups is 1. The number of amides is 1. The van der Waals surface area contributed by atoms with Gasteiger partial charge in [0.2, 0.25) is 5.91 Å². The minimum Gasteiger partial charge on any atom is -0.468 e. The first-order valence-corrected chi connectivity index (χ1v) is 4.75. The maximum atomic E-state index is 10.7. The lowest BCUT2D eigenvalue weighted by Gasteiger charge is -2.04. The fourth-order valence-electron chi connectivity index (χ4n) is 0.459. The van der Waals surface area contributed by atoms with Gasteiger partial charge in [-0.25, -0.2) is 0 Å². The molecule has 0 rings (SSSR count). The van der Waals surface area contributed by atoms with Crippen LogP contribution >= 0.6 is 23.4 Å². The third-order valence-electron chi connectivity index (χ3n) is 0.965. The van der Waals surface area contributed by atoms with E-state index in [1.807, 2.05) is 0 Å². The predicted octanol–water partition coefficient (Wildman–Crippen LogP) is -0.0147. The lowest BCUT2D eigenvalue weighted by Crippen LogP contribution is -2.20. The molecule has 12 heavy (non-hydrogen) atoms. The molecule has 0 aliphatic carbocycles. The maximum absolute atomic E-state index is 10.7. The molecule has 0 radical (unpaired) electrons. The molecule has 1 unspecified atom stereocenters. The van der Waals surface area contributed by atoms with Gasteiger partial charge in [0.25, 0.3) is 0 Å². The summed E-state index contributed by atoms with van der Waals surface area (Å²) in [4.78, 5) is 21.0. The van der Waals surface area contributed by atoms with Crippen LogP contribution in [0.1, 0.15) is 0 Å². The molecule has 0 aromatic heterocycles. The van der Waals surface area contributed by atoms with Crippen LogP contribution in [0.4, 0.5) is 0 Å². The number of esters is 1. The summed E-state index contributed by atoms with van der Waals surface area (Å²) in [5, 5.41) is -0.709. The van der Waals surface area contributed by atoms with Crippen molar-refractivity contribution in [1.29, 1.82) is 0 Å². The molecule has 1 amide bonds. The van der Waals surface area contributed by atoms with Gasteiger partial charge in [-0.15, -0.1) is 23.4 Å². The number of ether oxygens (including phenoxy) is 1. The smallest absolute Gasteiger partial charge is 0.324 e. The van der Waals surface area contributed by atoms with Crippen molar-refractivity contribution in [2.75, 3.05) is 18.6 Å². The van der Waals surface area contributed by atoms with Gasteiger partial charge in [-0.3, -0.25) is 9.59 Å². The first-order chi connectivity index (χ1) is 5.57. The number of alkyl halides is 1. The van der Waals surface area contributed by atoms with E-state index >= 15 is 0 Å². The molecule has 0 aromatic carbocycles. The Balaban J connectivity index is 3.50. The van der Waals surface area contributed by atoms with Gasteiger partial charge in [0.1, 0.15) is 5.38 Å². The van der Waals surface area contributed by atoms with Gasteiger partial charge in [0.05, 0.1) is 12.9 Å². The standard InChI is InChI=1S/C6H10ClNO3S/c1-11-6(10)4(7)2-12-3-5(8)9/h4H,2-3H2,1H3,(H2,8,9). The fourth-order valence-corrected chi connectivity index (χ4v) is 1.48. The van der Waals surface area contributed by atoms with Gasteiger partial charge in [0, 0.05) is 5.75 Å². The van der Waals surface area contributed by atoms with Gasteiger partial charge >= 0.3 is 5.97 Å². The molecule has 0 bridgehead atoms. The van der Waals surface area contributed by atoms with E-state index in [0.29, 0.717) is 5.75 Å². The molecule has 2 N–H and O–H groups in total. The Labute approximate surface area is 79.8 Å². The van der Waals surface area contributed by atoms with E-state index in [0.717, 1.165) is 0 Å². The van der Waals surface area contributed by atoms with Crippen molar-refractivity contribution in [3.63, 3.8) is 0 Å². The first kappa shape index (κ1) is 11.6. The summed E-state index contributed by atoms with van der Waals surface area (Å²) in [6, 6.07) is 0. The summed E-state index contributed by atoms with van der Waals surface area (Å²) in [5.74, 6) is -0.417. The van der Waals surface area contributed by atoms with Crippen LogP contribution < -0.4 is 5.73 Å². The van der Waals surface area contributed by atoms with Gasteiger partial charge in [0.15, 0.2) is 0 Å². The van der Waals surface area contributed by atoms with Crippen molar-refractivity contribution in [2.24, 2.45) is 5.73 Å². The van der Waals surface area contributed by atoms with Gasteiger partial charge in [-0.05, 0) is 0 Å². The Bertz CT molecular complexity index is 176. The Hall–Kier alpha value is -0.420. The number of primary amides is 1. The predicted molar refractivity (Wildman–Crippen MR) is 48.2 cm³/mol. The van der Waals surface area contributed by atoms with E-state index in [9.17, 15) is 9.59 Å². The molecule has 4 nitrogen and oxygen atoms in total. The summed E-state index contributed by atoms with van der Waals surface area (Å²) >= 11 is 6.77. The van der Waals surface area contributed by atoms with E-state index in [1.165, 1.54) is 18.9 Å². The fraction of sp³-hybridized carbons (Fsp3) is 0.667. The van der Waals surface area contributed by atoms with Crippen LogP contribution in [0, 0.1) is 0 Å². The second-order valence-electron chi connectivity index (χ2n) is 1.97. The molecule has 0 aromatic rings. The lowest BCUT2D eigenvalue weighted by atomic mass is 10.5.